The van der Waals surface area contributed by atoms with E-state index in [0.717, 1.165) is 5.56 Å². The molecule has 0 atom stereocenters. The fraction of sp³-hybridized carbons (Fsp3) is 0.222. The Morgan fingerprint density at radius 1 is 1.58 bits per heavy atom. The quantitative estimate of drug-likeness (QED) is 0.623. The van der Waals surface area contributed by atoms with Crippen molar-refractivity contribution in [2.45, 2.75) is 6.92 Å². The molecule has 0 bridgehead atoms. The standard InChI is InChI=1S/C9H9BrO2/c1-6-2-3-7(8(11)4-6)9(12)5-10/h2-4,11H,5H2,1H3. The van der Waals surface area contributed by atoms with Gasteiger partial charge in [0.2, 0.25) is 0 Å². The lowest BCUT2D eigenvalue weighted by Gasteiger charge is -2.01. The van der Waals surface area contributed by atoms with E-state index in [1.165, 1.54) is 0 Å². The first-order valence-corrected chi connectivity index (χ1v) is 4.66. The number of benzene rings is 1. The van der Waals surface area contributed by atoms with Gasteiger partial charge in [0.05, 0.1) is 10.9 Å². The minimum Gasteiger partial charge on any atom is -0.507 e. The molecule has 64 valence electrons. The van der Waals surface area contributed by atoms with Crippen LogP contribution >= 0.6 is 15.9 Å². The third kappa shape index (κ3) is 1.85. The van der Waals surface area contributed by atoms with Crippen LogP contribution < -0.4 is 0 Å². The summed E-state index contributed by atoms with van der Waals surface area (Å²) in [5.74, 6) is -0.0491. The average molecular weight is 229 g/mol. The molecule has 0 fully saturated rings. The Labute approximate surface area is 79.3 Å². The van der Waals surface area contributed by atoms with Gasteiger partial charge in [-0.2, -0.15) is 0 Å². The van der Waals surface area contributed by atoms with E-state index >= 15 is 0 Å². The fourth-order valence-electron chi connectivity index (χ4n) is 0.949. The molecule has 0 spiro atoms. The second kappa shape index (κ2) is 3.72. The second-order valence-electron chi connectivity index (χ2n) is 2.58. The van der Waals surface area contributed by atoms with Crippen LogP contribution in [0.5, 0.6) is 5.75 Å². The summed E-state index contributed by atoms with van der Waals surface area (Å²) in [4.78, 5) is 11.1. The van der Waals surface area contributed by atoms with Crippen molar-refractivity contribution in [2.24, 2.45) is 0 Å². The first kappa shape index (κ1) is 9.26. The Bertz CT molecular complexity index is 307. The van der Waals surface area contributed by atoms with Gasteiger partial charge in [-0.25, -0.2) is 0 Å². The van der Waals surface area contributed by atoms with Crippen molar-refractivity contribution in [3.05, 3.63) is 29.3 Å². The molecular formula is C9H9BrO2. The van der Waals surface area contributed by atoms with E-state index in [1.807, 2.05) is 6.92 Å². The zero-order valence-electron chi connectivity index (χ0n) is 6.67. The Hall–Kier alpha value is -0.830. The largest absolute Gasteiger partial charge is 0.507 e. The maximum Gasteiger partial charge on any atom is 0.177 e. The minimum atomic E-state index is -0.104. The highest BCUT2D eigenvalue weighted by molar-refractivity contribution is 9.09. The molecular weight excluding hydrogens is 220 g/mol. The summed E-state index contributed by atoms with van der Waals surface area (Å²) in [6.07, 6.45) is 0. The van der Waals surface area contributed by atoms with Crippen LogP contribution in [0.2, 0.25) is 0 Å². The van der Waals surface area contributed by atoms with Crippen molar-refractivity contribution in [1.82, 2.24) is 0 Å². The van der Waals surface area contributed by atoms with E-state index in [0.29, 0.717) is 5.56 Å². The number of aryl methyl sites for hydroxylation is 1. The number of ketones is 1. The Morgan fingerprint density at radius 2 is 2.25 bits per heavy atom. The fourth-order valence-corrected chi connectivity index (χ4v) is 1.25. The summed E-state index contributed by atoms with van der Waals surface area (Å²) in [7, 11) is 0. The number of carbonyl (C=O) groups excluding carboxylic acids is 1. The van der Waals surface area contributed by atoms with Gasteiger partial charge in [0, 0.05) is 0 Å². The smallest absolute Gasteiger partial charge is 0.177 e. The first-order chi connectivity index (χ1) is 5.65. The van der Waals surface area contributed by atoms with Crippen LogP contribution in [0.3, 0.4) is 0 Å². The van der Waals surface area contributed by atoms with Gasteiger partial charge in [0.1, 0.15) is 5.75 Å². The third-order valence-corrected chi connectivity index (χ3v) is 2.08. The highest BCUT2D eigenvalue weighted by Crippen LogP contribution is 2.19. The molecule has 0 heterocycles. The van der Waals surface area contributed by atoms with E-state index in [1.54, 1.807) is 18.2 Å². The number of Topliss-reactive ketones (excluding diaryl/α,β-unsaturated/α-hetero) is 1. The number of hydrogen-bond donors (Lipinski definition) is 1. The molecule has 0 aromatic heterocycles. The molecule has 0 saturated carbocycles. The van der Waals surface area contributed by atoms with Crippen LogP contribution in [0.4, 0.5) is 0 Å². The van der Waals surface area contributed by atoms with Crippen molar-refractivity contribution in [3.8, 4) is 5.75 Å². The van der Waals surface area contributed by atoms with Gasteiger partial charge in [-0.1, -0.05) is 22.0 Å². The summed E-state index contributed by atoms with van der Waals surface area (Å²) < 4.78 is 0. The zero-order valence-corrected chi connectivity index (χ0v) is 8.26. The zero-order chi connectivity index (χ0) is 9.14. The Balaban J connectivity index is 3.09. The molecule has 2 nitrogen and oxygen atoms in total. The SMILES string of the molecule is Cc1ccc(C(=O)CBr)c(O)c1. The number of aromatic hydroxyl groups is 1. The molecule has 1 aromatic rings. The van der Waals surface area contributed by atoms with Crippen molar-refractivity contribution < 1.29 is 9.90 Å². The Morgan fingerprint density at radius 3 is 2.75 bits per heavy atom. The lowest BCUT2D eigenvalue weighted by Crippen LogP contribution is -1.99. The lowest BCUT2D eigenvalue weighted by atomic mass is 10.1. The summed E-state index contributed by atoms with van der Waals surface area (Å²) in [5.41, 5.74) is 1.32. The lowest BCUT2D eigenvalue weighted by molar-refractivity contribution is 0.102. The minimum absolute atomic E-state index is 0.0550. The maximum atomic E-state index is 11.1. The number of rotatable bonds is 2. The van der Waals surface area contributed by atoms with Crippen molar-refractivity contribution >= 4 is 21.7 Å². The van der Waals surface area contributed by atoms with Gasteiger partial charge in [0.15, 0.2) is 5.78 Å². The van der Waals surface area contributed by atoms with Gasteiger partial charge in [-0.3, -0.25) is 4.79 Å². The van der Waals surface area contributed by atoms with E-state index in [9.17, 15) is 9.90 Å². The molecule has 1 N–H and O–H groups in total. The highest BCUT2D eigenvalue weighted by Gasteiger charge is 2.08. The molecule has 0 saturated heterocycles. The highest BCUT2D eigenvalue weighted by atomic mass is 79.9. The first-order valence-electron chi connectivity index (χ1n) is 3.54. The molecule has 3 heteroatoms. The summed E-state index contributed by atoms with van der Waals surface area (Å²) in [5, 5.41) is 9.59. The van der Waals surface area contributed by atoms with Crippen LogP contribution in [0.25, 0.3) is 0 Å². The van der Waals surface area contributed by atoms with Gasteiger partial charge in [-0.15, -0.1) is 0 Å². The van der Waals surface area contributed by atoms with E-state index in [4.69, 9.17) is 0 Å². The van der Waals surface area contributed by atoms with Crippen LogP contribution in [0.15, 0.2) is 18.2 Å². The van der Waals surface area contributed by atoms with E-state index < -0.39 is 0 Å². The molecule has 0 radical (unpaired) electrons. The van der Waals surface area contributed by atoms with Crippen LogP contribution in [-0.2, 0) is 0 Å². The topological polar surface area (TPSA) is 37.3 Å². The van der Waals surface area contributed by atoms with E-state index in [-0.39, 0.29) is 16.9 Å². The summed E-state index contributed by atoms with van der Waals surface area (Å²) in [6, 6.07) is 5.01. The summed E-state index contributed by atoms with van der Waals surface area (Å²) in [6.45, 7) is 1.86. The van der Waals surface area contributed by atoms with Gasteiger partial charge < -0.3 is 5.11 Å². The van der Waals surface area contributed by atoms with Crippen LogP contribution in [-0.4, -0.2) is 16.2 Å². The molecule has 0 aliphatic rings. The monoisotopic (exact) mass is 228 g/mol. The molecule has 12 heavy (non-hydrogen) atoms. The number of hydrogen-bond acceptors (Lipinski definition) is 2. The molecule has 0 aliphatic heterocycles. The van der Waals surface area contributed by atoms with Crippen LogP contribution in [0, 0.1) is 6.92 Å². The molecule has 1 aromatic carbocycles. The molecule has 0 aliphatic carbocycles. The third-order valence-electron chi connectivity index (χ3n) is 1.58. The van der Waals surface area contributed by atoms with Gasteiger partial charge >= 0.3 is 0 Å². The van der Waals surface area contributed by atoms with Crippen molar-refractivity contribution in [2.75, 3.05) is 5.33 Å². The average Bonchev–Trinajstić information content (AvgIpc) is 2.03. The predicted octanol–water partition coefficient (Wildman–Crippen LogP) is 2.28. The molecule has 1 rings (SSSR count). The van der Waals surface area contributed by atoms with Gasteiger partial charge in [0.25, 0.3) is 0 Å². The Kier molecular flexibility index (Phi) is 2.87. The maximum absolute atomic E-state index is 11.1. The summed E-state index contributed by atoms with van der Waals surface area (Å²) >= 11 is 3.04. The van der Waals surface area contributed by atoms with Gasteiger partial charge in [-0.05, 0) is 24.6 Å². The number of alkyl halides is 1. The normalized spacial score (nSPS) is 9.83. The number of phenols is 1. The van der Waals surface area contributed by atoms with Crippen molar-refractivity contribution in [3.63, 3.8) is 0 Å². The molecule has 0 unspecified atom stereocenters. The number of carbonyl (C=O) groups is 1. The van der Waals surface area contributed by atoms with Crippen molar-refractivity contribution in [1.29, 1.82) is 0 Å². The van der Waals surface area contributed by atoms with E-state index in [2.05, 4.69) is 15.9 Å². The van der Waals surface area contributed by atoms with Crippen LogP contribution in [0.1, 0.15) is 15.9 Å². The predicted molar refractivity (Wildman–Crippen MR) is 51.0 cm³/mol. The second-order valence-corrected chi connectivity index (χ2v) is 3.14. The molecule has 0 amide bonds. The number of phenolic OH excluding ortho intramolecular Hbond substituents is 1. The number of halogens is 1.